The lowest BCUT2D eigenvalue weighted by molar-refractivity contribution is -0.146. The molecule has 0 saturated carbocycles. The largest absolute Gasteiger partial charge is 0.508 e. The summed E-state index contributed by atoms with van der Waals surface area (Å²) in [5.74, 6) is -0.281. The van der Waals surface area contributed by atoms with Crippen molar-refractivity contribution in [2.24, 2.45) is 0 Å². The molecule has 1 fully saturated rings. The maximum absolute atomic E-state index is 13.2. The van der Waals surface area contributed by atoms with Crippen molar-refractivity contribution >= 4 is 11.9 Å². The van der Waals surface area contributed by atoms with Crippen LogP contribution in [0.2, 0.25) is 0 Å². The molecule has 0 aliphatic carbocycles. The van der Waals surface area contributed by atoms with Gasteiger partial charge in [-0.15, -0.1) is 0 Å². The number of carbonyl (C=O) groups excluding carboxylic acids is 2. The fraction of sp³-hybridized carbons (Fsp3) is 0.231. The van der Waals surface area contributed by atoms with E-state index in [2.05, 4.69) is 5.32 Å². The molecule has 1 heterocycles. The number of methoxy groups -OCH3 is 1. The maximum Gasteiger partial charge on any atom is 0.323 e. The summed E-state index contributed by atoms with van der Waals surface area (Å²) in [4.78, 5) is 27.6. The zero-order valence-electron chi connectivity index (χ0n) is 17.9. The molecule has 0 bridgehead atoms. The number of benzene rings is 3. The van der Waals surface area contributed by atoms with Crippen LogP contribution in [-0.2, 0) is 16.1 Å². The van der Waals surface area contributed by atoms with Crippen LogP contribution in [0.4, 0.5) is 0 Å². The average molecular weight is 431 g/mol. The van der Waals surface area contributed by atoms with Crippen molar-refractivity contribution in [2.75, 3.05) is 13.7 Å². The second-order valence-electron chi connectivity index (χ2n) is 7.95. The minimum atomic E-state index is -0.441. The normalized spacial score (nSPS) is 18.3. The number of likely N-dealkylation sites (tertiary alicyclic amines) is 1. The van der Waals surface area contributed by atoms with Crippen LogP contribution < -0.4 is 5.32 Å². The van der Waals surface area contributed by atoms with Crippen molar-refractivity contribution in [3.05, 3.63) is 90.0 Å². The fourth-order valence-electron chi connectivity index (χ4n) is 4.21. The Kier molecular flexibility index (Phi) is 6.52. The van der Waals surface area contributed by atoms with E-state index >= 15 is 0 Å². The molecule has 3 aromatic carbocycles. The molecule has 1 amide bonds. The third-order valence-corrected chi connectivity index (χ3v) is 5.79. The molecule has 2 N–H and O–H groups in total. The topological polar surface area (TPSA) is 78.9 Å². The van der Waals surface area contributed by atoms with E-state index in [4.69, 9.17) is 4.74 Å². The lowest BCUT2D eigenvalue weighted by Crippen LogP contribution is -2.37. The first-order valence-electron chi connectivity index (χ1n) is 10.6. The Bertz CT molecular complexity index is 1080. The number of hydrogen-bond acceptors (Lipinski definition) is 5. The van der Waals surface area contributed by atoms with Crippen LogP contribution in [0, 0.1) is 0 Å². The van der Waals surface area contributed by atoms with Crippen molar-refractivity contribution in [3.8, 4) is 16.9 Å². The molecule has 2 atom stereocenters. The Morgan fingerprint density at radius 2 is 1.69 bits per heavy atom. The Labute approximate surface area is 187 Å². The van der Waals surface area contributed by atoms with Gasteiger partial charge in [-0.05, 0) is 41.3 Å². The molecule has 3 aromatic rings. The average Bonchev–Trinajstić information content (AvgIpc) is 3.22. The third-order valence-electron chi connectivity index (χ3n) is 5.79. The molecule has 0 aromatic heterocycles. The van der Waals surface area contributed by atoms with Crippen LogP contribution in [0.25, 0.3) is 11.1 Å². The highest BCUT2D eigenvalue weighted by Gasteiger charge is 2.38. The fourth-order valence-corrected chi connectivity index (χ4v) is 4.21. The van der Waals surface area contributed by atoms with Crippen LogP contribution in [-0.4, -0.2) is 47.6 Å². The van der Waals surface area contributed by atoms with Gasteiger partial charge in [0.1, 0.15) is 11.8 Å². The molecule has 0 radical (unpaired) electrons. The molecule has 4 rings (SSSR count). The summed E-state index contributed by atoms with van der Waals surface area (Å²) >= 11 is 0. The predicted molar refractivity (Wildman–Crippen MR) is 122 cm³/mol. The molecular weight excluding hydrogens is 404 g/mol. The highest BCUT2D eigenvalue weighted by molar-refractivity contribution is 6.01. The van der Waals surface area contributed by atoms with Gasteiger partial charge in [0.05, 0.1) is 7.11 Å². The van der Waals surface area contributed by atoms with Gasteiger partial charge in [0.2, 0.25) is 0 Å². The van der Waals surface area contributed by atoms with Crippen molar-refractivity contribution < 1.29 is 19.4 Å². The van der Waals surface area contributed by atoms with Gasteiger partial charge in [0.15, 0.2) is 0 Å². The number of nitrogens with zero attached hydrogens (tertiary/aromatic N) is 1. The molecule has 32 heavy (non-hydrogen) atoms. The van der Waals surface area contributed by atoms with E-state index in [1.165, 1.54) is 7.11 Å². The monoisotopic (exact) mass is 430 g/mol. The SMILES string of the molecule is COC(=O)[C@@H]1C[C@H](NC(=O)c2ccccc2-c2ccccc2)CN1Cc1ccc(O)cc1. The smallest absolute Gasteiger partial charge is 0.323 e. The van der Waals surface area contributed by atoms with Gasteiger partial charge < -0.3 is 15.2 Å². The van der Waals surface area contributed by atoms with Crippen molar-refractivity contribution in [1.29, 1.82) is 0 Å². The molecule has 1 aliphatic rings. The zero-order valence-corrected chi connectivity index (χ0v) is 17.9. The summed E-state index contributed by atoms with van der Waals surface area (Å²) < 4.78 is 5.00. The van der Waals surface area contributed by atoms with Gasteiger partial charge in [-0.3, -0.25) is 14.5 Å². The third kappa shape index (κ3) is 4.81. The van der Waals surface area contributed by atoms with Gasteiger partial charge in [-0.25, -0.2) is 0 Å². The first-order valence-corrected chi connectivity index (χ1v) is 10.6. The quantitative estimate of drug-likeness (QED) is 0.584. The summed E-state index contributed by atoms with van der Waals surface area (Å²) in [6, 6.07) is 23.6. The number of phenols is 1. The molecule has 0 spiro atoms. The number of esters is 1. The first kappa shape index (κ1) is 21.6. The number of ether oxygens (including phenoxy) is 1. The second kappa shape index (κ2) is 9.66. The van der Waals surface area contributed by atoms with Gasteiger partial charge >= 0.3 is 5.97 Å². The van der Waals surface area contributed by atoms with E-state index in [-0.39, 0.29) is 23.7 Å². The highest BCUT2D eigenvalue weighted by Crippen LogP contribution is 2.26. The second-order valence-corrected chi connectivity index (χ2v) is 7.95. The van der Waals surface area contributed by atoms with Crippen LogP contribution in [0.3, 0.4) is 0 Å². The molecule has 0 unspecified atom stereocenters. The zero-order chi connectivity index (χ0) is 22.5. The predicted octanol–water partition coefficient (Wildman–Crippen LogP) is 3.61. The van der Waals surface area contributed by atoms with Crippen LogP contribution in [0.5, 0.6) is 5.75 Å². The van der Waals surface area contributed by atoms with E-state index in [0.717, 1.165) is 16.7 Å². The molecule has 164 valence electrons. The summed E-state index contributed by atoms with van der Waals surface area (Å²) in [6.07, 6.45) is 0.476. The Morgan fingerprint density at radius 1 is 1.00 bits per heavy atom. The summed E-state index contributed by atoms with van der Waals surface area (Å²) in [5, 5.41) is 12.6. The molecular formula is C26H26N2O4. The maximum atomic E-state index is 13.2. The highest BCUT2D eigenvalue weighted by atomic mass is 16.5. The summed E-state index contributed by atoms with van der Waals surface area (Å²) in [5.41, 5.74) is 3.42. The molecule has 6 nitrogen and oxygen atoms in total. The number of rotatable bonds is 6. The van der Waals surface area contributed by atoms with Gasteiger partial charge in [-0.2, -0.15) is 0 Å². The first-order chi connectivity index (χ1) is 15.5. The Morgan fingerprint density at radius 3 is 2.41 bits per heavy atom. The number of amides is 1. The van der Waals surface area contributed by atoms with Crippen LogP contribution in [0.1, 0.15) is 22.3 Å². The Balaban J connectivity index is 1.50. The number of aromatic hydroxyl groups is 1. The van der Waals surface area contributed by atoms with Crippen molar-refractivity contribution in [2.45, 2.75) is 25.0 Å². The van der Waals surface area contributed by atoms with E-state index in [9.17, 15) is 14.7 Å². The van der Waals surface area contributed by atoms with E-state index in [1.54, 1.807) is 12.1 Å². The minimum Gasteiger partial charge on any atom is -0.508 e. The number of phenolic OH excluding ortho intramolecular Hbond substituents is 1. The molecule has 1 saturated heterocycles. The lowest BCUT2D eigenvalue weighted by atomic mass is 9.99. The van der Waals surface area contributed by atoms with Crippen molar-refractivity contribution in [3.63, 3.8) is 0 Å². The molecule has 1 aliphatic heterocycles. The molecule has 6 heteroatoms. The van der Waals surface area contributed by atoms with Crippen LogP contribution >= 0.6 is 0 Å². The standard InChI is InChI=1S/C26H26N2O4/c1-32-26(31)24-15-20(17-28(24)16-18-11-13-21(29)14-12-18)27-25(30)23-10-6-5-9-22(23)19-7-3-2-4-8-19/h2-14,20,24,29H,15-17H2,1H3,(H,27,30)/t20-,24-/m0/s1. The summed E-state index contributed by atoms with van der Waals surface area (Å²) in [7, 11) is 1.38. The number of hydrogen-bond donors (Lipinski definition) is 2. The van der Waals surface area contributed by atoms with E-state index < -0.39 is 6.04 Å². The van der Waals surface area contributed by atoms with E-state index in [1.807, 2.05) is 71.6 Å². The van der Waals surface area contributed by atoms with Crippen LogP contribution in [0.15, 0.2) is 78.9 Å². The number of nitrogens with one attached hydrogen (secondary N) is 1. The Hall–Kier alpha value is -3.64. The number of carbonyl (C=O) groups is 2. The van der Waals surface area contributed by atoms with Gasteiger partial charge in [0.25, 0.3) is 5.91 Å². The lowest BCUT2D eigenvalue weighted by Gasteiger charge is -2.22. The summed E-state index contributed by atoms with van der Waals surface area (Å²) in [6.45, 7) is 1.05. The van der Waals surface area contributed by atoms with Gasteiger partial charge in [-0.1, -0.05) is 60.7 Å². The van der Waals surface area contributed by atoms with Gasteiger partial charge in [0, 0.05) is 24.7 Å². The van der Waals surface area contributed by atoms with Crippen molar-refractivity contribution in [1.82, 2.24) is 10.2 Å². The minimum absolute atomic E-state index is 0.162. The van der Waals surface area contributed by atoms with E-state index in [0.29, 0.717) is 25.1 Å².